The Balaban J connectivity index is 0.000000179. The third-order valence-electron chi connectivity index (χ3n) is 2.25. The van der Waals surface area contributed by atoms with Crippen LogP contribution in [0.4, 0.5) is 0 Å². The molecule has 0 amide bonds. The number of hydrogen-bond acceptors (Lipinski definition) is 1. The first-order valence-electron chi connectivity index (χ1n) is 5.02. The van der Waals surface area contributed by atoms with E-state index >= 15 is 0 Å². The largest absolute Gasteiger partial charge is 0.375 e. The summed E-state index contributed by atoms with van der Waals surface area (Å²) in [5, 5.41) is 0. The first-order chi connectivity index (χ1) is 5.36. The summed E-state index contributed by atoms with van der Waals surface area (Å²) in [6.07, 6.45) is 9.32. The van der Waals surface area contributed by atoms with E-state index in [9.17, 15) is 0 Å². The first kappa shape index (κ1) is 9.05. The van der Waals surface area contributed by atoms with Crippen LogP contribution < -0.4 is 0 Å². The Morgan fingerprint density at radius 1 is 1.00 bits per heavy atom. The quantitative estimate of drug-likeness (QED) is 0.523. The maximum atomic E-state index is 5.60. The van der Waals surface area contributed by atoms with E-state index < -0.39 is 0 Å². The van der Waals surface area contributed by atoms with Crippen LogP contribution in [-0.2, 0) is 4.74 Å². The van der Waals surface area contributed by atoms with E-state index in [1.54, 1.807) is 0 Å². The number of rotatable bonds is 0. The molecule has 1 nitrogen and oxygen atoms in total. The Kier molecular flexibility index (Phi) is 3.92. The molecule has 1 heteroatoms. The molecule has 0 aromatic carbocycles. The summed E-state index contributed by atoms with van der Waals surface area (Å²) in [5.41, 5.74) is 0. The minimum absolute atomic E-state index is 0.661. The van der Waals surface area contributed by atoms with E-state index in [2.05, 4.69) is 13.8 Å². The highest BCUT2D eigenvalue weighted by molar-refractivity contribution is 4.78. The van der Waals surface area contributed by atoms with Crippen LogP contribution in [-0.4, -0.2) is 12.2 Å². The van der Waals surface area contributed by atoms with Crippen molar-refractivity contribution in [3.8, 4) is 0 Å². The van der Waals surface area contributed by atoms with E-state index in [0.29, 0.717) is 12.2 Å². The van der Waals surface area contributed by atoms with Crippen LogP contribution in [0.25, 0.3) is 0 Å². The van der Waals surface area contributed by atoms with Gasteiger partial charge < -0.3 is 4.74 Å². The van der Waals surface area contributed by atoms with Crippen molar-refractivity contribution in [1.82, 2.24) is 0 Å². The summed E-state index contributed by atoms with van der Waals surface area (Å²) < 4.78 is 5.60. The Morgan fingerprint density at radius 3 is 1.82 bits per heavy atom. The highest BCUT2D eigenvalue weighted by Crippen LogP contribution is 2.31. The van der Waals surface area contributed by atoms with Crippen molar-refractivity contribution in [2.75, 3.05) is 0 Å². The number of ether oxygens (including phenoxy) is 1. The minimum Gasteiger partial charge on any atom is -0.375 e. The van der Waals surface area contributed by atoms with E-state index in [1.807, 2.05) is 0 Å². The fraction of sp³-hybridized carbons (Fsp3) is 1.00. The lowest BCUT2D eigenvalue weighted by Gasteiger charge is -2.18. The molecule has 66 valence electrons. The summed E-state index contributed by atoms with van der Waals surface area (Å²) in [6, 6.07) is 0. The fourth-order valence-corrected chi connectivity index (χ4v) is 1.78. The van der Waals surface area contributed by atoms with Gasteiger partial charge in [0, 0.05) is 0 Å². The van der Waals surface area contributed by atoms with Gasteiger partial charge in [0.1, 0.15) is 0 Å². The molecule has 2 rings (SSSR count). The summed E-state index contributed by atoms with van der Waals surface area (Å²) in [5.74, 6) is 0. The predicted molar refractivity (Wildman–Crippen MR) is 47.7 cm³/mol. The lowest BCUT2D eigenvalue weighted by Crippen LogP contribution is -2.16. The van der Waals surface area contributed by atoms with Crippen LogP contribution in [0.2, 0.25) is 0 Å². The Bertz CT molecular complexity index is 87.0. The van der Waals surface area contributed by atoms with Gasteiger partial charge in [-0.05, 0) is 32.1 Å². The van der Waals surface area contributed by atoms with Gasteiger partial charge in [0.15, 0.2) is 0 Å². The van der Waals surface area contributed by atoms with Crippen LogP contribution in [0.15, 0.2) is 0 Å². The second-order valence-corrected chi connectivity index (χ2v) is 3.60. The second kappa shape index (κ2) is 4.76. The zero-order chi connectivity index (χ0) is 8.10. The van der Waals surface area contributed by atoms with Gasteiger partial charge in [-0.1, -0.05) is 20.3 Å². The number of hydrogen-bond donors (Lipinski definition) is 0. The highest BCUT2D eigenvalue weighted by atomic mass is 16.5. The first-order valence-corrected chi connectivity index (χ1v) is 5.02. The molecular formula is C10H20O. The van der Waals surface area contributed by atoms with Gasteiger partial charge in [-0.3, -0.25) is 0 Å². The third kappa shape index (κ3) is 2.82. The smallest absolute Gasteiger partial charge is 0.0579 e. The predicted octanol–water partition coefficient (Wildman–Crippen LogP) is 3.13. The average molecular weight is 156 g/mol. The maximum absolute atomic E-state index is 5.60. The van der Waals surface area contributed by atoms with Gasteiger partial charge in [0.05, 0.1) is 12.2 Å². The third-order valence-corrected chi connectivity index (χ3v) is 2.25. The number of fused-ring (bicyclic) bond motifs is 2. The van der Waals surface area contributed by atoms with E-state index in [4.69, 9.17) is 4.74 Å². The zero-order valence-electron chi connectivity index (χ0n) is 7.81. The molecule has 0 aromatic rings. The standard InChI is InChI=1S/C7H12O.C3H8/c1-2-6-4-5-7(3-1)8-6;1-3-2/h6-7H,1-5H2;3H2,1-2H3. The van der Waals surface area contributed by atoms with E-state index in [-0.39, 0.29) is 0 Å². The van der Waals surface area contributed by atoms with Crippen molar-refractivity contribution >= 4 is 0 Å². The molecule has 2 fully saturated rings. The Morgan fingerprint density at radius 2 is 1.45 bits per heavy atom. The van der Waals surface area contributed by atoms with Gasteiger partial charge in [-0.25, -0.2) is 0 Å². The fourth-order valence-electron chi connectivity index (χ4n) is 1.78. The molecule has 2 atom stereocenters. The molecule has 2 unspecified atom stereocenters. The van der Waals surface area contributed by atoms with Gasteiger partial charge in [-0.2, -0.15) is 0 Å². The molecule has 2 bridgehead atoms. The highest BCUT2D eigenvalue weighted by Gasteiger charge is 2.28. The molecule has 0 aliphatic carbocycles. The van der Waals surface area contributed by atoms with Crippen LogP contribution in [0.1, 0.15) is 52.4 Å². The Hall–Kier alpha value is -0.0400. The van der Waals surface area contributed by atoms with Crippen molar-refractivity contribution in [2.45, 2.75) is 64.6 Å². The van der Waals surface area contributed by atoms with Crippen molar-refractivity contribution in [2.24, 2.45) is 0 Å². The minimum atomic E-state index is 0.661. The van der Waals surface area contributed by atoms with Gasteiger partial charge in [-0.15, -0.1) is 0 Å². The van der Waals surface area contributed by atoms with Gasteiger partial charge in [0.2, 0.25) is 0 Å². The van der Waals surface area contributed by atoms with Crippen molar-refractivity contribution < 1.29 is 4.74 Å². The summed E-state index contributed by atoms with van der Waals surface area (Å²) in [6.45, 7) is 4.25. The van der Waals surface area contributed by atoms with Crippen LogP contribution in [0.5, 0.6) is 0 Å². The van der Waals surface area contributed by atoms with Crippen molar-refractivity contribution in [1.29, 1.82) is 0 Å². The monoisotopic (exact) mass is 156 g/mol. The molecule has 0 saturated carbocycles. The van der Waals surface area contributed by atoms with Gasteiger partial charge in [0.25, 0.3) is 0 Å². The molecule has 2 heterocycles. The molecule has 2 aliphatic heterocycles. The van der Waals surface area contributed by atoms with E-state index in [0.717, 1.165) is 0 Å². The SMILES string of the molecule is C1CC2CCC(C1)O2.CCC. The summed E-state index contributed by atoms with van der Waals surface area (Å²) in [4.78, 5) is 0. The average Bonchev–Trinajstić information content (AvgIpc) is 2.33. The molecule has 11 heavy (non-hydrogen) atoms. The molecule has 0 aromatic heterocycles. The molecule has 2 aliphatic rings. The molecule has 2 saturated heterocycles. The van der Waals surface area contributed by atoms with Crippen LogP contribution in [0, 0.1) is 0 Å². The normalized spacial score (nSPS) is 34.4. The summed E-state index contributed by atoms with van der Waals surface area (Å²) in [7, 11) is 0. The van der Waals surface area contributed by atoms with Gasteiger partial charge >= 0.3 is 0 Å². The zero-order valence-corrected chi connectivity index (χ0v) is 7.81. The van der Waals surface area contributed by atoms with Crippen LogP contribution >= 0.6 is 0 Å². The Labute approximate surface area is 70.1 Å². The topological polar surface area (TPSA) is 9.23 Å². The lowest BCUT2D eigenvalue weighted by atomic mass is 10.1. The van der Waals surface area contributed by atoms with Crippen LogP contribution in [0.3, 0.4) is 0 Å². The second-order valence-electron chi connectivity index (χ2n) is 3.60. The van der Waals surface area contributed by atoms with E-state index in [1.165, 1.54) is 38.5 Å². The molecule has 0 N–H and O–H groups in total. The molecule has 0 spiro atoms. The molecular weight excluding hydrogens is 136 g/mol. The summed E-state index contributed by atoms with van der Waals surface area (Å²) >= 11 is 0. The molecule has 0 radical (unpaired) electrons. The lowest BCUT2D eigenvalue weighted by molar-refractivity contribution is 0.00575. The van der Waals surface area contributed by atoms with Crippen molar-refractivity contribution in [3.63, 3.8) is 0 Å². The van der Waals surface area contributed by atoms with Crippen molar-refractivity contribution in [3.05, 3.63) is 0 Å². The maximum Gasteiger partial charge on any atom is 0.0579 e.